The maximum absolute atomic E-state index is 6.39. The lowest BCUT2D eigenvalue weighted by Crippen LogP contribution is -2.47. The zero-order chi connectivity index (χ0) is 30.6. The Hall–Kier alpha value is -3.84. The molecular weight excluding hydrogens is 578 g/mol. The predicted octanol–water partition coefficient (Wildman–Crippen LogP) is 7.80. The Morgan fingerprint density at radius 3 is 2.07 bits per heavy atom. The summed E-state index contributed by atoms with van der Waals surface area (Å²) in [7, 11) is 1.69. The molecule has 2 aliphatic rings. The molecule has 0 unspecified atom stereocenters. The van der Waals surface area contributed by atoms with Crippen molar-refractivity contribution in [2.24, 2.45) is 0 Å². The van der Waals surface area contributed by atoms with Gasteiger partial charge in [0.05, 0.1) is 23.8 Å². The second kappa shape index (κ2) is 13.7. The zero-order valence-corrected chi connectivity index (χ0v) is 26.9. The third-order valence-electron chi connectivity index (χ3n) is 9.45. The fraction of sp³-hybridized carbons (Fsp3) is 0.342. The van der Waals surface area contributed by atoms with Crippen LogP contribution in [0.4, 0.5) is 17.1 Å². The van der Waals surface area contributed by atoms with Crippen molar-refractivity contribution < 1.29 is 4.74 Å². The van der Waals surface area contributed by atoms with Crippen LogP contribution in [-0.4, -0.2) is 74.3 Å². The minimum absolute atomic E-state index is 0.721. The number of rotatable bonds is 10. The SMILES string of the molecule is COc1ccc2c(NCCCN3CCN(CCCN4c5ccccc5CCc5ccccc54)CC3)c3cc(Cl)ccc3nc2c1. The molecule has 232 valence electrons. The monoisotopic (exact) mass is 619 g/mol. The number of nitrogens with one attached hydrogen (secondary N) is 1. The molecule has 1 fully saturated rings. The first-order chi connectivity index (χ1) is 22.2. The Bertz CT molecular complexity index is 1740. The number of para-hydroxylation sites is 2. The van der Waals surface area contributed by atoms with Gasteiger partial charge in [-0.05, 0) is 92.4 Å². The molecule has 0 aliphatic carbocycles. The number of nitrogens with zero attached hydrogens (tertiary/aromatic N) is 4. The summed E-state index contributed by atoms with van der Waals surface area (Å²) < 4.78 is 5.45. The van der Waals surface area contributed by atoms with Gasteiger partial charge in [-0.3, -0.25) is 0 Å². The van der Waals surface area contributed by atoms with Gasteiger partial charge in [0.15, 0.2) is 0 Å². The molecule has 1 saturated heterocycles. The fourth-order valence-corrected chi connectivity index (χ4v) is 7.20. The smallest absolute Gasteiger partial charge is 0.121 e. The highest BCUT2D eigenvalue weighted by molar-refractivity contribution is 6.31. The molecule has 45 heavy (non-hydrogen) atoms. The largest absolute Gasteiger partial charge is 0.497 e. The quantitative estimate of drug-likeness (QED) is 0.127. The van der Waals surface area contributed by atoms with Gasteiger partial charge in [0, 0.05) is 72.5 Å². The van der Waals surface area contributed by atoms with Gasteiger partial charge >= 0.3 is 0 Å². The molecule has 1 N–H and O–H groups in total. The van der Waals surface area contributed by atoms with E-state index >= 15 is 0 Å². The van der Waals surface area contributed by atoms with Crippen LogP contribution in [0.25, 0.3) is 21.8 Å². The summed E-state index contributed by atoms with van der Waals surface area (Å²) in [4.78, 5) is 12.7. The highest BCUT2D eigenvalue weighted by Gasteiger charge is 2.21. The number of hydrogen-bond acceptors (Lipinski definition) is 6. The van der Waals surface area contributed by atoms with E-state index in [-0.39, 0.29) is 0 Å². The van der Waals surface area contributed by atoms with E-state index in [1.807, 2.05) is 30.3 Å². The van der Waals surface area contributed by atoms with E-state index < -0.39 is 0 Å². The van der Waals surface area contributed by atoms with Crippen molar-refractivity contribution >= 4 is 50.5 Å². The van der Waals surface area contributed by atoms with Crippen LogP contribution in [0.1, 0.15) is 24.0 Å². The number of benzene rings is 4. The van der Waals surface area contributed by atoms with E-state index in [4.69, 9.17) is 21.3 Å². The maximum Gasteiger partial charge on any atom is 0.121 e. The van der Waals surface area contributed by atoms with Crippen LogP contribution >= 0.6 is 11.6 Å². The zero-order valence-electron chi connectivity index (χ0n) is 26.1. The summed E-state index contributed by atoms with van der Waals surface area (Å²) in [6, 6.07) is 29.9. The lowest BCUT2D eigenvalue weighted by atomic mass is 10.0. The predicted molar refractivity (Wildman–Crippen MR) is 189 cm³/mol. The van der Waals surface area contributed by atoms with E-state index in [1.165, 1.54) is 22.5 Å². The lowest BCUT2D eigenvalue weighted by Gasteiger charge is -2.35. The van der Waals surface area contributed by atoms with E-state index in [0.29, 0.717) is 0 Å². The fourth-order valence-electron chi connectivity index (χ4n) is 7.03. The van der Waals surface area contributed by atoms with Gasteiger partial charge in [-0.25, -0.2) is 4.98 Å². The number of anilines is 3. The molecule has 6 nitrogen and oxygen atoms in total. The number of fused-ring (bicyclic) bond motifs is 4. The molecule has 0 saturated carbocycles. The molecule has 7 rings (SSSR count). The van der Waals surface area contributed by atoms with Crippen molar-refractivity contribution in [3.8, 4) is 5.75 Å². The van der Waals surface area contributed by atoms with Gasteiger partial charge in [0.25, 0.3) is 0 Å². The van der Waals surface area contributed by atoms with Crippen molar-refractivity contribution in [1.82, 2.24) is 14.8 Å². The molecule has 0 bridgehead atoms. The Morgan fingerprint density at radius 2 is 1.38 bits per heavy atom. The first kappa shape index (κ1) is 29.8. The maximum atomic E-state index is 6.39. The molecule has 1 aromatic heterocycles. The molecule has 4 aromatic carbocycles. The van der Waals surface area contributed by atoms with Gasteiger partial charge < -0.3 is 24.8 Å². The molecule has 0 spiro atoms. The Kier molecular flexibility index (Phi) is 9.06. The number of halogens is 1. The Balaban J connectivity index is 0.909. The van der Waals surface area contributed by atoms with Crippen molar-refractivity contribution in [3.63, 3.8) is 0 Å². The number of pyridine rings is 1. The normalized spacial score (nSPS) is 15.6. The number of hydrogen-bond donors (Lipinski definition) is 1. The topological polar surface area (TPSA) is 43.9 Å². The molecule has 7 heteroatoms. The standard InChI is InChI=1S/C38H42ClN5O/c1-45-31-15-16-32-35(27-31)41-34-17-14-30(39)26-33(34)38(32)40-18-6-19-42-22-24-43(25-23-42)20-7-21-44-36-10-4-2-8-28(36)12-13-29-9-3-5-11-37(29)44/h2-5,8-11,14-17,26-27H,6-7,12-13,18-25H2,1H3,(H,40,41). The third-order valence-corrected chi connectivity index (χ3v) is 9.68. The first-order valence-corrected chi connectivity index (χ1v) is 16.7. The summed E-state index contributed by atoms with van der Waals surface area (Å²) in [5.74, 6) is 0.811. The number of aryl methyl sites for hydroxylation is 2. The Morgan fingerprint density at radius 1 is 0.711 bits per heavy atom. The van der Waals surface area contributed by atoms with Crippen LogP contribution in [0.2, 0.25) is 5.02 Å². The second-order valence-corrected chi connectivity index (χ2v) is 12.7. The van der Waals surface area contributed by atoms with Crippen molar-refractivity contribution in [1.29, 1.82) is 0 Å². The summed E-state index contributed by atoms with van der Waals surface area (Å²) in [6.07, 6.45) is 4.47. The highest BCUT2D eigenvalue weighted by atomic mass is 35.5. The average molecular weight is 620 g/mol. The lowest BCUT2D eigenvalue weighted by molar-refractivity contribution is 0.132. The van der Waals surface area contributed by atoms with E-state index in [2.05, 4.69) is 74.6 Å². The molecular formula is C38H42ClN5O. The summed E-state index contributed by atoms with van der Waals surface area (Å²) in [5, 5.41) is 6.61. The molecule has 2 aliphatic heterocycles. The van der Waals surface area contributed by atoms with Crippen molar-refractivity contribution in [3.05, 3.63) is 101 Å². The molecule has 0 amide bonds. The molecule has 0 radical (unpaired) electrons. The van der Waals surface area contributed by atoms with Crippen molar-refractivity contribution in [2.75, 3.05) is 69.7 Å². The summed E-state index contributed by atoms with van der Waals surface area (Å²) in [5.41, 5.74) is 8.65. The first-order valence-electron chi connectivity index (χ1n) is 16.4. The van der Waals surface area contributed by atoms with E-state index in [9.17, 15) is 0 Å². The van der Waals surface area contributed by atoms with Gasteiger partial charge in [0.2, 0.25) is 0 Å². The van der Waals surface area contributed by atoms with Gasteiger partial charge in [0.1, 0.15) is 5.75 Å². The third kappa shape index (κ3) is 6.60. The van der Waals surface area contributed by atoms with E-state index in [1.54, 1.807) is 7.11 Å². The second-order valence-electron chi connectivity index (χ2n) is 12.3. The van der Waals surface area contributed by atoms with Gasteiger partial charge in [-0.15, -0.1) is 0 Å². The molecule has 3 heterocycles. The minimum atomic E-state index is 0.721. The summed E-state index contributed by atoms with van der Waals surface area (Å²) >= 11 is 6.39. The molecule has 0 atom stereocenters. The number of methoxy groups -OCH3 is 1. The number of piperazine rings is 1. The average Bonchev–Trinajstić information content (AvgIpc) is 3.23. The number of aromatic nitrogens is 1. The van der Waals surface area contributed by atoms with Gasteiger partial charge in [-0.2, -0.15) is 0 Å². The number of ether oxygens (including phenoxy) is 1. The Labute approximate surface area is 271 Å². The van der Waals surface area contributed by atoms with Crippen LogP contribution < -0.4 is 15.0 Å². The highest BCUT2D eigenvalue weighted by Crippen LogP contribution is 2.36. The van der Waals surface area contributed by atoms with E-state index in [0.717, 1.165) is 116 Å². The minimum Gasteiger partial charge on any atom is -0.497 e. The van der Waals surface area contributed by atoms with Gasteiger partial charge in [-0.1, -0.05) is 48.0 Å². The van der Waals surface area contributed by atoms with Crippen LogP contribution in [0.15, 0.2) is 84.9 Å². The van der Waals surface area contributed by atoms with Crippen LogP contribution in [0.3, 0.4) is 0 Å². The van der Waals surface area contributed by atoms with Crippen LogP contribution in [0, 0.1) is 0 Å². The van der Waals surface area contributed by atoms with Crippen molar-refractivity contribution in [2.45, 2.75) is 25.7 Å². The molecule has 5 aromatic rings. The van der Waals surface area contributed by atoms with Crippen LogP contribution in [0.5, 0.6) is 5.75 Å². The van der Waals surface area contributed by atoms with Crippen LogP contribution in [-0.2, 0) is 12.8 Å². The summed E-state index contributed by atoms with van der Waals surface area (Å²) in [6.45, 7) is 8.73.